The number of carbonyl (C=O) groups excluding carboxylic acids is 2. The van der Waals surface area contributed by atoms with Crippen molar-refractivity contribution in [3.63, 3.8) is 0 Å². The summed E-state index contributed by atoms with van der Waals surface area (Å²) in [5.41, 5.74) is 2.08. The Labute approximate surface area is 154 Å². The third-order valence-electron chi connectivity index (χ3n) is 4.40. The van der Waals surface area contributed by atoms with Gasteiger partial charge in [-0.25, -0.2) is 9.59 Å². The molecule has 0 bridgehead atoms. The second-order valence-electron chi connectivity index (χ2n) is 6.72. The van der Waals surface area contributed by atoms with Crippen LogP contribution in [-0.2, 0) is 25.8 Å². The first-order valence-corrected chi connectivity index (χ1v) is 8.73. The maximum atomic E-state index is 11.4. The molecule has 0 radical (unpaired) electrons. The number of esters is 2. The fourth-order valence-electron chi connectivity index (χ4n) is 2.75. The molecule has 0 unspecified atom stereocenters. The molecule has 0 spiro atoms. The molecule has 0 aromatic carbocycles. The van der Waals surface area contributed by atoms with Crippen molar-refractivity contribution >= 4 is 11.9 Å². The number of likely N-dealkylation sites (tertiary alicyclic amines) is 1. The molecule has 1 aliphatic heterocycles. The van der Waals surface area contributed by atoms with Gasteiger partial charge >= 0.3 is 11.9 Å². The molecule has 0 atom stereocenters. The Hall–Kier alpha value is -2.47. The highest BCUT2D eigenvalue weighted by atomic mass is 16.5. The summed E-state index contributed by atoms with van der Waals surface area (Å²) in [5, 5.41) is 0. The van der Waals surface area contributed by atoms with Gasteiger partial charge in [-0.3, -0.25) is 4.90 Å². The zero-order valence-electron chi connectivity index (χ0n) is 15.6. The number of nitrogens with zero attached hydrogens (tertiary/aromatic N) is 2. The fraction of sp³-hybridized carbons (Fsp3) is 0.450. The zero-order valence-corrected chi connectivity index (χ0v) is 15.6. The van der Waals surface area contributed by atoms with Crippen molar-refractivity contribution < 1.29 is 23.6 Å². The summed E-state index contributed by atoms with van der Waals surface area (Å²) < 4.78 is 12.1. The largest absolute Gasteiger partial charge is 0.446 e. The number of carbonyl (C=O) groups is 2. The van der Waals surface area contributed by atoms with Gasteiger partial charge < -0.3 is 9.47 Å². The van der Waals surface area contributed by atoms with Gasteiger partial charge in [0.1, 0.15) is 6.73 Å². The smallest absolute Gasteiger partial charge is 0.337 e. The lowest BCUT2D eigenvalue weighted by molar-refractivity contribution is -0.727. The molecule has 0 saturated carbocycles. The molecule has 1 aromatic rings. The quantitative estimate of drug-likeness (QED) is 0.425. The van der Waals surface area contributed by atoms with Gasteiger partial charge in [-0.2, -0.15) is 4.57 Å². The average molecular weight is 359 g/mol. The summed E-state index contributed by atoms with van der Waals surface area (Å²) in [5.74, 6) is -0.246. The first kappa shape index (κ1) is 19.8. The number of hydrogen-bond acceptors (Lipinski definition) is 5. The topological polar surface area (TPSA) is 59.7 Å². The number of hydrogen-bond donors (Lipinski definition) is 0. The summed E-state index contributed by atoms with van der Waals surface area (Å²) in [6, 6.07) is 4.13. The molecule has 6 heteroatoms. The molecule has 1 fully saturated rings. The third-order valence-corrected chi connectivity index (χ3v) is 4.40. The van der Waals surface area contributed by atoms with Crippen molar-refractivity contribution in [3.8, 4) is 0 Å². The summed E-state index contributed by atoms with van der Waals surface area (Å²) >= 11 is 0. The monoisotopic (exact) mass is 359 g/mol. The van der Waals surface area contributed by atoms with Gasteiger partial charge in [0.25, 0.3) is 6.73 Å². The van der Waals surface area contributed by atoms with E-state index in [-0.39, 0.29) is 18.7 Å². The summed E-state index contributed by atoms with van der Waals surface area (Å²) in [6.07, 6.45) is 5.86. The van der Waals surface area contributed by atoms with Crippen LogP contribution < -0.4 is 4.57 Å². The lowest BCUT2D eigenvalue weighted by atomic mass is 9.90. The summed E-state index contributed by atoms with van der Waals surface area (Å²) in [4.78, 5) is 25.0. The highest BCUT2D eigenvalue weighted by Gasteiger charge is 2.22. The lowest BCUT2D eigenvalue weighted by Crippen LogP contribution is -2.37. The van der Waals surface area contributed by atoms with Crippen LogP contribution in [0, 0.1) is 0 Å². The van der Waals surface area contributed by atoms with E-state index in [1.165, 1.54) is 5.56 Å². The van der Waals surface area contributed by atoms with E-state index in [0.717, 1.165) is 25.9 Å². The first-order chi connectivity index (χ1) is 12.4. The Balaban J connectivity index is 1.78. The lowest BCUT2D eigenvalue weighted by Gasteiger charge is -2.31. The highest BCUT2D eigenvalue weighted by Crippen LogP contribution is 2.27. The Bertz CT molecular complexity index is 674. The van der Waals surface area contributed by atoms with E-state index in [1.807, 2.05) is 17.0 Å². The standard InChI is InChI=1S/C20H27N2O4/c1-15(2)19(23)25-13-21-9-5-17(6-10-21)18-7-11-22(12-8-18)14-26-20(24)16(3)4/h5-6,9-10,18H,1,3,7-8,11-14H2,2,4H3/q+1. The molecule has 0 N–H and O–H groups in total. The van der Waals surface area contributed by atoms with Crippen LogP contribution in [0.4, 0.5) is 0 Å². The number of rotatable bonds is 7. The summed E-state index contributed by atoms with van der Waals surface area (Å²) in [7, 11) is 0. The maximum absolute atomic E-state index is 11.4. The number of piperidine rings is 1. The molecular formula is C20H27N2O4+. The second-order valence-corrected chi connectivity index (χ2v) is 6.72. The number of ether oxygens (including phenoxy) is 2. The molecule has 0 amide bonds. The van der Waals surface area contributed by atoms with E-state index in [9.17, 15) is 9.59 Å². The van der Waals surface area contributed by atoms with E-state index in [1.54, 1.807) is 13.8 Å². The number of aromatic nitrogens is 1. The average Bonchev–Trinajstić information content (AvgIpc) is 2.64. The molecule has 0 aliphatic carbocycles. The Kier molecular flexibility index (Phi) is 7.09. The molecule has 1 saturated heterocycles. The van der Waals surface area contributed by atoms with Crippen LogP contribution in [-0.4, -0.2) is 36.7 Å². The van der Waals surface area contributed by atoms with Crippen LogP contribution in [0.25, 0.3) is 0 Å². The molecule has 140 valence electrons. The minimum absolute atomic E-state index is 0.179. The molecular weight excluding hydrogens is 332 g/mol. The minimum atomic E-state index is -0.388. The van der Waals surface area contributed by atoms with E-state index in [4.69, 9.17) is 9.47 Å². The normalized spacial score (nSPS) is 15.3. The van der Waals surface area contributed by atoms with Gasteiger partial charge in [-0.1, -0.05) is 13.2 Å². The SMILES string of the molecule is C=C(C)C(=O)OCN1CCC(c2cc[n+](COC(=O)C(=C)C)cc2)CC1. The van der Waals surface area contributed by atoms with Crippen LogP contribution in [0.1, 0.15) is 38.2 Å². The Morgan fingerprint density at radius 1 is 1.08 bits per heavy atom. The van der Waals surface area contributed by atoms with Crippen molar-refractivity contribution in [2.75, 3.05) is 19.8 Å². The molecule has 2 rings (SSSR count). The fourth-order valence-corrected chi connectivity index (χ4v) is 2.75. The van der Waals surface area contributed by atoms with Gasteiger partial charge in [0, 0.05) is 36.4 Å². The predicted octanol–water partition coefficient (Wildman–Crippen LogP) is 2.31. The van der Waals surface area contributed by atoms with Gasteiger partial charge in [-0.05, 0) is 38.2 Å². The van der Waals surface area contributed by atoms with Crippen molar-refractivity contribution in [2.24, 2.45) is 0 Å². The van der Waals surface area contributed by atoms with Gasteiger partial charge in [-0.15, -0.1) is 0 Å². The minimum Gasteiger partial charge on any atom is -0.446 e. The van der Waals surface area contributed by atoms with Gasteiger partial charge in [0.15, 0.2) is 12.4 Å². The molecule has 26 heavy (non-hydrogen) atoms. The van der Waals surface area contributed by atoms with Crippen LogP contribution >= 0.6 is 0 Å². The van der Waals surface area contributed by atoms with E-state index >= 15 is 0 Å². The maximum Gasteiger partial charge on any atom is 0.337 e. The first-order valence-electron chi connectivity index (χ1n) is 8.73. The zero-order chi connectivity index (χ0) is 19.1. The second kappa shape index (κ2) is 9.29. The molecule has 1 aliphatic rings. The van der Waals surface area contributed by atoms with E-state index in [2.05, 4.69) is 30.2 Å². The third kappa shape index (κ3) is 5.81. The van der Waals surface area contributed by atoms with Gasteiger partial charge in [0.05, 0.1) is 0 Å². The number of pyridine rings is 1. The van der Waals surface area contributed by atoms with E-state index in [0.29, 0.717) is 23.8 Å². The van der Waals surface area contributed by atoms with Crippen LogP contribution in [0.2, 0.25) is 0 Å². The van der Waals surface area contributed by atoms with Crippen LogP contribution in [0.5, 0.6) is 0 Å². The highest BCUT2D eigenvalue weighted by molar-refractivity contribution is 5.87. The van der Waals surface area contributed by atoms with Crippen molar-refractivity contribution in [1.29, 1.82) is 0 Å². The van der Waals surface area contributed by atoms with Gasteiger partial charge in [0.2, 0.25) is 0 Å². The molecule has 6 nitrogen and oxygen atoms in total. The predicted molar refractivity (Wildman–Crippen MR) is 96.9 cm³/mol. The van der Waals surface area contributed by atoms with E-state index < -0.39 is 0 Å². The molecule has 1 aromatic heterocycles. The van der Waals surface area contributed by atoms with Crippen molar-refractivity contribution in [1.82, 2.24) is 4.90 Å². The molecule has 2 heterocycles. The Morgan fingerprint density at radius 3 is 2.15 bits per heavy atom. The van der Waals surface area contributed by atoms with Crippen molar-refractivity contribution in [3.05, 3.63) is 54.4 Å². The van der Waals surface area contributed by atoms with Crippen molar-refractivity contribution in [2.45, 2.75) is 39.3 Å². The summed E-state index contributed by atoms with van der Waals surface area (Å²) in [6.45, 7) is 12.7. The Morgan fingerprint density at radius 2 is 1.62 bits per heavy atom. The van der Waals surface area contributed by atoms with Crippen LogP contribution in [0.3, 0.4) is 0 Å². The van der Waals surface area contributed by atoms with Crippen LogP contribution in [0.15, 0.2) is 48.8 Å².